The van der Waals surface area contributed by atoms with E-state index in [9.17, 15) is 4.39 Å². The van der Waals surface area contributed by atoms with E-state index in [4.69, 9.17) is 5.73 Å². The minimum atomic E-state index is -0.150. The fourth-order valence-corrected chi connectivity index (χ4v) is 1.57. The largest absolute Gasteiger partial charge is 0.330 e. The minimum Gasteiger partial charge on any atom is -0.330 e. The van der Waals surface area contributed by atoms with Crippen molar-refractivity contribution in [3.8, 4) is 0 Å². The molecule has 0 radical (unpaired) electrons. The van der Waals surface area contributed by atoms with Gasteiger partial charge in [0.2, 0.25) is 0 Å². The third-order valence-corrected chi connectivity index (χ3v) is 2.47. The monoisotopic (exact) mass is 245 g/mol. The molecule has 1 atom stereocenters. The molecule has 72 valence electrons. The van der Waals surface area contributed by atoms with Crippen LogP contribution in [0.3, 0.4) is 0 Å². The van der Waals surface area contributed by atoms with Gasteiger partial charge in [0.05, 0.1) is 0 Å². The van der Waals surface area contributed by atoms with Gasteiger partial charge in [-0.2, -0.15) is 0 Å². The summed E-state index contributed by atoms with van der Waals surface area (Å²) < 4.78 is 14.1. The fourth-order valence-electron chi connectivity index (χ4n) is 1.16. The van der Waals surface area contributed by atoms with E-state index < -0.39 is 0 Å². The van der Waals surface area contributed by atoms with Crippen LogP contribution in [0.25, 0.3) is 0 Å². The normalized spacial score (nSPS) is 12.9. The Hall–Kier alpha value is -0.410. The van der Waals surface area contributed by atoms with E-state index in [-0.39, 0.29) is 5.82 Å². The summed E-state index contributed by atoms with van der Waals surface area (Å²) in [5.74, 6) is 0.173. The molecule has 1 aromatic rings. The molecule has 0 aliphatic heterocycles. The second-order valence-corrected chi connectivity index (χ2v) is 4.20. The van der Waals surface area contributed by atoms with Gasteiger partial charge in [-0.1, -0.05) is 22.9 Å². The van der Waals surface area contributed by atoms with E-state index in [1.807, 2.05) is 13.0 Å². The van der Waals surface area contributed by atoms with Crippen LogP contribution in [-0.4, -0.2) is 6.54 Å². The second-order valence-electron chi connectivity index (χ2n) is 3.28. The Balaban J connectivity index is 2.81. The molecule has 1 rings (SSSR count). The SMILES string of the molecule is CC(CN)Cc1cc(Br)ccc1F. The van der Waals surface area contributed by atoms with E-state index in [1.54, 1.807) is 6.07 Å². The number of hydrogen-bond donors (Lipinski definition) is 1. The molecule has 0 spiro atoms. The van der Waals surface area contributed by atoms with Crippen molar-refractivity contribution < 1.29 is 4.39 Å². The number of nitrogens with two attached hydrogens (primary N) is 1. The first-order valence-electron chi connectivity index (χ1n) is 4.27. The van der Waals surface area contributed by atoms with Crippen LogP contribution in [0.15, 0.2) is 22.7 Å². The highest BCUT2D eigenvalue weighted by molar-refractivity contribution is 9.10. The molecule has 0 bridgehead atoms. The third kappa shape index (κ3) is 3.08. The Kier molecular flexibility index (Phi) is 3.88. The Bertz CT molecular complexity index is 288. The summed E-state index contributed by atoms with van der Waals surface area (Å²) in [5, 5.41) is 0. The van der Waals surface area contributed by atoms with Crippen LogP contribution in [0.2, 0.25) is 0 Å². The molecule has 0 heterocycles. The molecule has 0 fully saturated rings. The van der Waals surface area contributed by atoms with Gasteiger partial charge in [0.1, 0.15) is 5.82 Å². The predicted molar refractivity (Wildman–Crippen MR) is 56.0 cm³/mol. The maximum atomic E-state index is 13.2. The van der Waals surface area contributed by atoms with Crippen molar-refractivity contribution in [3.63, 3.8) is 0 Å². The summed E-state index contributed by atoms with van der Waals surface area (Å²) in [4.78, 5) is 0. The maximum Gasteiger partial charge on any atom is 0.126 e. The standard InChI is InChI=1S/C10H13BrFN/c1-7(6-13)4-8-5-9(11)2-3-10(8)12/h2-3,5,7H,4,6,13H2,1H3. The highest BCUT2D eigenvalue weighted by Gasteiger charge is 2.06. The smallest absolute Gasteiger partial charge is 0.126 e. The number of benzene rings is 1. The van der Waals surface area contributed by atoms with Crippen molar-refractivity contribution in [1.29, 1.82) is 0 Å². The quantitative estimate of drug-likeness (QED) is 0.871. The molecular formula is C10H13BrFN. The first kappa shape index (κ1) is 10.7. The van der Waals surface area contributed by atoms with Crippen molar-refractivity contribution in [1.82, 2.24) is 0 Å². The highest BCUT2D eigenvalue weighted by Crippen LogP contribution is 2.18. The van der Waals surface area contributed by atoms with Crippen LogP contribution in [0, 0.1) is 11.7 Å². The Morgan fingerprint density at radius 3 is 2.85 bits per heavy atom. The van der Waals surface area contributed by atoms with Crippen molar-refractivity contribution >= 4 is 15.9 Å². The van der Waals surface area contributed by atoms with Gasteiger partial charge in [-0.25, -0.2) is 4.39 Å². The molecule has 2 N–H and O–H groups in total. The molecule has 13 heavy (non-hydrogen) atoms. The number of halogens is 2. The zero-order valence-corrected chi connectivity index (χ0v) is 9.14. The molecule has 0 saturated heterocycles. The van der Waals surface area contributed by atoms with Crippen molar-refractivity contribution in [2.24, 2.45) is 11.7 Å². The summed E-state index contributed by atoms with van der Waals surface area (Å²) in [6.45, 7) is 2.60. The lowest BCUT2D eigenvalue weighted by Crippen LogP contribution is -2.13. The molecule has 0 aromatic heterocycles. The van der Waals surface area contributed by atoms with Crippen molar-refractivity contribution in [3.05, 3.63) is 34.1 Å². The zero-order chi connectivity index (χ0) is 9.84. The predicted octanol–water partition coefficient (Wildman–Crippen LogP) is 2.73. The Morgan fingerprint density at radius 1 is 1.54 bits per heavy atom. The van der Waals surface area contributed by atoms with Gasteiger partial charge in [0.25, 0.3) is 0 Å². The molecule has 0 saturated carbocycles. The second kappa shape index (κ2) is 4.72. The highest BCUT2D eigenvalue weighted by atomic mass is 79.9. The number of rotatable bonds is 3. The molecule has 0 amide bonds. The molecule has 0 aliphatic rings. The fraction of sp³-hybridized carbons (Fsp3) is 0.400. The number of hydrogen-bond acceptors (Lipinski definition) is 1. The van der Waals surface area contributed by atoms with Gasteiger partial charge < -0.3 is 5.73 Å². The van der Waals surface area contributed by atoms with E-state index in [1.165, 1.54) is 6.07 Å². The maximum absolute atomic E-state index is 13.2. The molecule has 0 aliphatic carbocycles. The molecule has 1 unspecified atom stereocenters. The van der Waals surface area contributed by atoms with Gasteiger partial charge >= 0.3 is 0 Å². The molecular weight excluding hydrogens is 233 g/mol. The van der Waals surface area contributed by atoms with Gasteiger partial charge in [-0.15, -0.1) is 0 Å². The summed E-state index contributed by atoms with van der Waals surface area (Å²) >= 11 is 3.31. The van der Waals surface area contributed by atoms with Gasteiger partial charge in [0.15, 0.2) is 0 Å². The average Bonchev–Trinajstić information content (AvgIpc) is 2.11. The lowest BCUT2D eigenvalue weighted by atomic mass is 10.0. The van der Waals surface area contributed by atoms with Crippen LogP contribution in [0.5, 0.6) is 0 Å². The van der Waals surface area contributed by atoms with Crippen molar-refractivity contribution in [2.45, 2.75) is 13.3 Å². The lowest BCUT2D eigenvalue weighted by molar-refractivity contribution is 0.551. The van der Waals surface area contributed by atoms with Crippen molar-refractivity contribution in [2.75, 3.05) is 6.54 Å². The summed E-state index contributed by atoms with van der Waals surface area (Å²) in [6, 6.07) is 4.98. The van der Waals surface area contributed by atoms with Gasteiger partial charge in [-0.3, -0.25) is 0 Å². The summed E-state index contributed by atoms with van der Waals surface area (Å²) in [5.41, 5.74) is 6.20. The lowest BCUT2D eigenvalue weighted by Gasteiger charge is -2.09. The molecule has 1 aromatic carbocycles. The van der Waals surface area contributed by atoms with Gasteiger partial charge in [0, 0.05) is 4.47 Å². The average molecular weight is 246 g/mol. The van der Waals surface area contributed by atoms with Gasteiger partial charge in [-0.05, 0) is 42.6 Å². The van der Waals surface area contributed by atoms with Crippen LogP contribution >= 0.6 is 15.9 Å². The molecule has 1 nitrogen and oxygen atoms in total. The van der Waals surface area contributed by atoms with E-state index >= 15 is 0 Å². The zero-order valence-electron chi connectivity index (χ0n) is 7.56. The van der Waals surface area contributed by atoms with Crippen LogP contribution < -0.4 is 5.73 Å². The Morgan fingerprint density at radius 2 is 2.23 bits per heavy atom. The molecule has 3 heteroatoms. The van der Waals surface area contributed by atoms with Crippen LogP contribution in [0.4, 0.5) is 4.39 Å². The van der Waals surface area contributed by atoms with Crippen LogP contribution in [-0.2, 0) is 6.42 Å². The van der Waals surface area contributed by atoms with E-state index in [2.05, 4.69) is 15.9 Å². The minimum absolute atomic E-state index is 0.150. The first-order valence-corrected chi connectivity index (χ1v) is 5.06. The third-order valence-electron chi connectivity index (χ3n) is 1.98. The summed E-state index contributed by atoms with van der Waals surface area (Å²) in [6.07, 6.45) is 0.696. The topological polar surface area (TPSA) is 26.0 Å². The van der Waals surface area contributed by atoms with E-state index in [0.29, 0.717) is 18.9 Å². The first-order chi connectivity index (χ1) is 6.13. The Labute approximate surface area is 86.3 Å². The van der Waals surface area contributed by atoms with E-state index in [0.717, 1.165) is 10.0 Å². The summed E-state index contributed by atoms with van der Waals surface area (Å²) in [7, 11) is 0. The van der Waals surface area contributed by atoms with Crippen LogP contribution in [0.1, 0.15) is 12.5 Å².